The maximum absolute atomic E-state index is 10.0. The van der Waals surface area contributed by atoms with Gasteiger partial charge in [0.05, 0.1) is 0 Å². The molecule has 0 aliphatic carbocycles. The molecule has 15 heavy (non-hydrogen) atoms. The van der Waals surface area contributed by atoms with Gasteiger partial charge in [-0.3, -0.25) is 9.59 Å². The molecule has 88 valence electrons. The van der Waals surface area contributed by atoms with Crippen LogP contribution in [-0.2, 0) is 9.59 Å². The average Bonchev–Trinajstić information content (AvgIpc) is 2.03. The molecule has 0 fully saturated rings. The molecule has 0 amide bonds. The molecular formula is C8H15BrN2O4. The van der Waals surface area contributed by atoms with Crippen LogP contribution in [0.2, 0.25) is 0 Å². The maximum Gasteiger partial charge on any atom is 0.320 e. The minimum Gasteiger partial charge on any atom is -0.480 e. The van der Waals surface area contributed by atoms with Gasteiger partial charge in [-0.05, 0) is 11.4 Å². The summed E-state index contributed by atoms with van der Waals surface area (Å²) in [5, 5.41) is 16.1. The largest absolute Gasteiger partial charge is 0.480 e. The maximum atomic E-state index is 10.0. The van der Waals surface area contributed by atoms with Crippen molar-refractivity contribution in [1.82, 2.24) is 0 Å². The predicted octanol–water partition coefficient (Wildman–Crippen LogP) is 0.115. The third-order valence-corrected chi connectivity index (χ3v) is 1.47. The molecule has 2 atom stereocenters. The van der Waals surface area contributed by atoms with Crippen molar-refractivity contribution in [1.29, 1.82) is 0 Å². The normalized spacial score (nSPS) is 13.1. The van der Waals surface area contributed by atoms with Crippen LogP contribution < -0.4 is 11.5 Å². The molecule has 0 heterocycles. The topological polar surface area (TPSA) is 127 Å². The molecule has 6 nitrogen and oxygen atoms in total. The molecule has 0 aromatic heterocycles. The van der Waals surface area contributed by atoms with Crippen LogP contribution in [0.4, 0.5) is 0 Å². The minimum absolute atomic E-state index is 0.273. The van der Waals surface area contributed by atoms with Crippen molar-refractivity contribution in [3.05, 3.63) is 11.1 Å². The fourth-order valence-corrected chi connectivity index (χ4v) is 0.675. The Bertz CT molecular complexity index is 243. The first kappa shape index (κ1) is 16.5. The van der Waals surface area contributed by atoms with E-state index < -0.39 is 24.0 Å². The lowest BCUT2D eigenvalue weighted by Crippen LogP contribution is -2.29. The van der Waals surface area contributed by atoms with E-state index in [1.165, 1.54) is 6.92 Å². The molecular weight excluding hydrogens is 268 g/mol. The Morgan fingerprint density at radius 2 is 1.67 bits per heavy atom. The van der Waals surface area contributed by atoms with E-state index >= 15 is 0 Å². The molecule has 0 aromatic rings. The van der Waals surface area contributed by atoms with Crippen molar-refractivity contribution in [3.63, 3.8) is 0 Å². The monoisotopic (exact) mass is 282 g/mol. The van der Waals surface area contributed by atoms with Gasteiger partial charge in [0.15, 0.2) is 0 Å². The molecule has 6 N–H and O–H groups in total. The van der Waals surface area contributed by atoms with E-state index in [9.17, 15) is 9.59 Å². The lowest BCUT2D eigenvalue weighted by atomic mass is 10.2. The Hall–Kier alpha value is -0.920. The van der Waals surface area contributed by atoms with Crippen molar-refractivity contribution in [2.24, 2.45) is 11.5 Å². The third-order valence-electron chi connectivity index (χ3n) is 1.15. The number of hydrogen-bond acceptors (Lipinski definition) is 4. The van der Waals surface area contributed by atoms with Crippen LogP contribution in [0.1, 0.15) is 13.3 Å². The summed E-state index contributed by atoms with van der Waals surface area (Å²) in [6.45, 7) is 4.87. The Morgan fingerprint density at radius 1 is 1.33 bits per heavy atom. The van der Waals surface area contributed by atoms with Gasteiger partial charge in [0.25, 0.3) is 0 Å². The second-order valence-corrected chi connectivity index (χ2v) is 3.91. The zero-order chi connectivity index (χ0) is 12.6. The van der Waals surface area contributed by atoms with Gasteiger partial charge in [-0.25, -0.2) is 0 Å². The molecule has 0 rings (SSSR count). The summed E-state index contributed by atoms with van der Waals surface area (Å²) in [4.78, 5) is 19.6. The fraction of sp³-hybridized carbons (Fsp3) is 0.500. The summed E-state index contributed by atoms with van der Waals surface area (Å²) in [7, 11) is 0. The molecule has 0 saturated heterocycles. The van der Waals surface area contributed by atoms with Crippen LogP contribution in [0.3, 0.4) is 0 Å². The van der Waals surface area contributed by atoms with Gasteiger partial charge in [0.2, 0.25) is 0 Å². The third kappa shape index (κ3) is 13.1. The van der Waals surface area contributed by atoms with Gasteiger partial charge in [-0.2, -0.15) is 0 Å². The SMILES string of the molecule is C=C(Br)CC(N)C(=O)O.CC(N)C(=O)O. The van der Waals surface area contributed by atoms with Crippen molar-refractivity contribution >= 4 is 27.9 Å². The molecule has 0 saturated carbocycles. The Morgan fingerprint density at radius 3 is 1.73 bits per heavy atom. The highest BCUT2D eigenvalue weighted by atomic mass is 79.9. The first-order valence-corrected chi connectivity index (χ1v) is 4.77. The van der Waals surface area contributed by atoms with E-state index in [1.54, 1.807) is 0 Å². The molecule has 0 bridgehead atoms. The van der Waals surface area contributed by atoms with E-state index in [-0.39, 0.29) is 6.42 Å². The summed E-state index contributed by atoms with van der Waals surface area (Å²) in [5.41, 5.74) is 9.96. The van der Waals surface area contributed by atoms with E-state index in [1.807, 2.05) is 0 Å². The highest BCUT2D eigenvalue weighted by Crippen LogP contribution is 2.07. The van der Waals surface area contributed by atoms with Crippen LogP contribution in [0.25, 0.3) is 0 Å². The van der Waals surface area contributed by atoms with E-state index in [0.29, 0.717) is 4.48 Å². The lowest BCUT2D eigenvalue weighted by molar-refractivity contribution is -0.139. The quantitative estimate of drug-likeness (QED) is 0.580. The Kier molecular flexibility index (Phi) is 9.24. The van der Waals surface area contributed by atoms with E-state index in [2.05, 4.69) is 22.5 Å². The average molecular weight is 283 g/mol. The van der Waals surface area contributed by atoms with Crippen LogP contribution in [0, 0.1) is 0 Å². The second-order valence-electron chi connectivity index (χ2n) is 2.79. The number of carboxylic acid groups (broad SMARTS) is 2. The Labute approximate surface area is 96.1 Å². The van der Waals surface area contributed by atoms with E-state index in [4.69, 9.17) is 21.7 Å². The first-order valence-electron chi connectivity index (χ1n) is 3.98. The van der Waals surface area contributed by atoms with Crippen LogP contribution in [0.5, 0.6) is 0 Å². The number of carboxylic acids is 2. The van der Waals surface area contributed by atoms with Gasteiger partial charge in [-0.15, -0.1) is 0 Å². The van der Waals surface area contributed by atoms with Gasteiger partial charge < -0.3 is 21.7 Å². The second kappa shape index (κ2) is 8.39. The highest BCUT2D eigenvalue weighted by molar-refractivity contribution is 9.11. The zero-order valence-corrected chi connectivity index (χ0v) is 9.90. The molecule has 2 unspecified atom stereocenters. The molecule has 0 aliphatic heterocycles. The van der Waals surface area contributed by atoms with Gasteiger partial charge >= 0.3 is 11.9 Å². The summed E-state index contributed by atoms with van der Waals surface area (Å²) in [5.74, 6) is -1.97. The van der Waals surface area contributed by atoms with E-state index in [0.717, 1.165) is 0 Å². The summed E-state index contributed by atoms with van der Waals surface area (Å²) in [6.07, 6.45) is 0.273. The molecule has 0 aliphatic rings. The van der Waals surface area contributed by atoms with Gasteiger partial charge in [0, 0.05) is 6.42 Å². The summed E-state index contributed by atoms with van der Waals surface area (Å²) < 4.78 is 0.609. The molecule has 0 spiro atoms. The molecule has 7 heteroatoms. The zero-order valence-electron chi connectivity index (χ0n) is 8.31. The number of rotatable bonds is 4. The molecule has 0 radical (unpaired) electrons. The van der Waals surface area contributed by atoms with Crippen LogP contribution in [0.15, 0.2) is 11.1 Å². The number of hydrogen-bond donors (Lipinski definition) is 4. The number of aliphatic carboxylic acids is 2. The summed E-state index contributed by atoms with van der Waals surface area (Å²) >= 11 is 3.01. The smallest absolute Gasteiger partial charge is 0.320 e. The predicted molar refractivity (Wildman–Crippen MR) is 59.6 cm³/mol. The van der Waals surface area contributed by atoms with Crippen LogP contribution >= 0.6 is 15.9 Å². The summed E-state index contributed by atoms with van der Waals surface area (Å²) in [6, 6.07) is -1.57. The lowest BCUT2D eigenvalue weighted by Gasteiger charge is -2.02. The Balaban J connectivity index is 0. The van der Waals surface area contributed by atoms with Crippen LogP contribution in [-0.4, -0.2) is 34.2 Å². The van der Waals surface area contributed by atoms with Gasteiger partial charge in [-0.1, -0.05) is 22.5 Å². The minimum atomic E-state index is -1.00. The standard InChI is InChI=1S/C5H8BrNO2.C3H7NO2/c1-3(6)2-4(7)5(8)9;1-2(4)3(5)6/h4H,1-2,7H2,(H,8,9);2H,4H2,1H3,(H,5,6). The van der Waals surface area contributed by atoms with Crippen molar-refractivity contribution in [3.8, 4) is 0 Å². The van der Waals surface area contributed by atoms with Crippen molar-refractivity contribution < 1.29 is 19.8 Å². The van der Waals surface area contributed by atoms with Crippen molar-refractivity contribution in [2.75, 3.05) is 0 Å². The van der Waals surface area contributed by atoms with Gasteiger partial charge in [0.1, 0.15) is 12.1 Å². The highest BCUT2D eigenvalue weighted by Gasteiger charge is 2.10. The van der Waals surface area contributed by atoms with Crippen molar-refractivity contribution in [2.45, 2.75) is 25.4 Å². The number of nitrogens with two attached hydrogens (primary N) is 2. The molecule has 0 aromatic carbocycles. The number of carbonyl (C=O) groups is 2. The first-order chi connectivity index (χ1) is 6.68. The number of halogens is 1. The fourth-order valence-electron chi connectivity index (χ4n) is 0.326.